The first-order valence-electron chi connectivity index (χ1n) is 8.28. The van der Waals surface area contributed by atoms with Crippen molar-refractivity contribution in [1.29, 1.82) is 0 Å². The SMILES string of the molecule is C/C(=C\c1ccccc1)C(=O)NCCN1c2ccccc2N(C)S1(=O)=O. The number of benzene rings is 2. The topological polar surface area (TPSA) is 69.7 Å². The fraction of sp³-hybridized carbons (Fsp3) is 0.211. The van der Waals surface area contributed by atoms with Gasteiger partial charge in [-0.15, -0.1) is 0 Å². The van der Waals surface area contributed by atoms with Gasteiger partial charge in [0.15, 0.2) is 0 Å². The first kappa shape index (κ1) is 18.0. The number of nitrogens with zero attached hydrogens (tertiary/aromatic N) is 2. The maximum Gasteiger partial charge on any atom is 0.326 e. The van der Waals surface area contributed by atoms with Gasteiger partial charge in [-0.1, -0.05) is 42.5 Å². The minimum Gasteiger partial charge on any atom is -0.351 e. The summed E-state index contributed by atoms with van der Waals surface area (Å²) in [7, 11) is -2.06. The lowest BCUT2D eigenvalue weighted by Crippen LogP contribution is -2.40. The Bertz CT molecular complexity index is 940. The van der Waals surface area contributed by atoms with E-state index in [4.69, 9.17) is 0 Å². The third-order valence-corrected chi connectivity index (χ3v) is 6.08. The molecule has 1 amide bonds. The lowest BCUT2D eigenvalue weighted by Gasteiger charge is -2.19. The first-order chi connectivity index (χ1) is 12.4. The van der Waals surface area contributed by atoms with E-state index in [9.17, 15) is 13.2 Å². The van der Waals surface area contributed by atoms with E-state index >= 15 is 0 Å². The van der Waals surface area contributed by atoms with Crippen LogP contribution in [0.2, 0.25) is 0 Å². The molecule has 0 unspecified atom stereocenters. The molecule has 2 aromatic carbocycles. The standard InChI is InChI=1S/C19H21N3O3S/c1-15(14-16-8-4-3-5-9-16)19(23)20-12-13-22-18-11-7-6-10-17(18)21(2)26(22,24)25/h3-11,14H,12-13H2,1-2H3,(H,20,23)/b15-14+. The molecule has 0 saturated carbocycles. The van der Waals surface area contributed by atoms with Crippen molar-refractivity contribution >= 4 is 33.6 Å². The molecule has 0 atom stereocenters. The molecule has 0 spiro atoms. The maximum absolute atomic E-state index is 12.5. The van der Waals surface area contributed by atoms with Gasteiger partial charge in [0, 0.05) is 19.2 Å². The van der Waals surface area contributed by atoms with Crippen molar-refractivity contribution in [3.63, 3.8) is 0 Å². The molecule has 136 valence electrons. The highest BCUT2D eigenvalue weighted by atomic mass is 32.2. The Labute approximate surface area is 153 Å². The Hall–Kier alpha value is -2.80. The van der Waals surface area contributed by atoms with Crippen molar-refractivity contribution in [2.24, 2.45) is 0 Å². The van der Waals surface area contributed by atoms with Crippen LogP contribution in [0.5, 0.6) is 0 Å². The normalized spacial score (nSPS) is 15.7. The van der Waals surface area contributed by atoms with E-state index < -0.39 is 10.2 Å². The largest absolute Gasteiger partial charge is 0.351 e. The summed E-state index contributed by atoms with van der Waals surface area (Å²) in [6.07, 6.45) is 1.80. The van der Waals surface area contributed by atoms with Gasteiger partial charge in [0.1, 0.15) is 0 Å². The molecule has 1 N–H and O–H groups in total. The highest BCUT2D eigenvalue weighted by Gasteiger charge is 2.37. The second-order valence-corrected chi connectivity index (χ2v) is 7.91. The van der Waals surface area contributed by atoms with Gasteiger partial charge in [0.05, 0.1) is 17.9 Å². The molecule has 3 rings (SSSR count). The van der Waals surface area contributed by atoms with Gasteiger partial charge in [-0.3, -0.25) is 9.10 Å². The van der Waals surface area contributed by atoms with Crippen LogP contribution in [0.15, 0.2) is 60.2 Å². The van der Waals surface area contributed by atoms with E-state index in [1.165, 1.54) is 15.7 Å². The van der Waals surface area contributed by atoms with Crippen LogP contribution in [-0.2, 0) is 15.0 Å². The van der Waals surface area contributed by atoms with Crippen molar-refractivity contribution in [2.75, 3.05) is 28.7 Å². The fourth-order valence-corrected chi connectivity index (χ4v) is 4.27. The number of carbonyl (C=O) groups is 1. The molecule has 7 heteroatoms. The second kappa shape index (κ2) is 7.21. The van der Waals surface area contributed by atoms with Gasteiger partial charge in [0.2, 0.25) is 5.91 Å². The highest BCUT2D eigenvalue weighted by Crippen LogP contribution is 2.38. The predicted octanol–water partition coefficient (Wildman–Crippen LogP) is 2.41. The van der Waals surface area contributed by atoms with Gasteiger partial charge in [-0.2, -0.15) is 8.42 Å². The van der Waals surface area contributed by atoms with Crippen molar-refractivity contribution in [1.82, 2.24) is 5.32 Å². The van der Waals surface area contributed by atoms with Gasteiger partial charge in [-0.25, -0.2) is 4.31 Å². The molecule has 0 aliphatic carbocycles. The molecule has 0 aromatic heterocycles. The Balaban J connectivity index is 1.65. The lowest BCUT2D eigenvalue weighted by molar-refractivity contribution is -0.117. The van der Waals surface area contributed by atoms with E-state index in [-0.39, 0.29) is 19.0 Å². The summed E-state index contributed by atoms with van der Waals surface area (Å²) in [5, 5.41) is 2.78. The van der Waals surface area contributed by atoms with Crippen molar-refractivity contribution in [3.05, 3.63) is 65.7 Å². The zero-order chi connectivity index (χ0) is 18.7. The van der Waals surface area contributed by atoms with Gasteiger partial charge in [0.25, 0.3) is 0 Å². The van der Waals surface area contributed by atoms with Gasteiger partial charge >= 0.3 is 10.2 Å². The lowest BCUT2D eigenvalue weighted by atomic mass is 10.1. The molecule has 6 nitrogen and oxygen atoms in total. The third kappa shape index (κ3) is 3.43. The van der Waals surface area contributed by atoms with Crippen LogP contribution >= 0.6 is 0 Å². The minimum absolute atomic E-state index is 0.175. The number of anilines is 2. The Morgan fingerprint density at radius 1 is 1.04 bits per heavy atom. The monoisotopic (exact) mass is 371 g/mol. The summed E-state index contributed by atoms with van der Waals surface area (Å²) in [4.78, 5) is 12.2. The van der Waals surface area contributed by atoms with Gasteiger partial charge < -0.3 is 5.32 Å². The molecule has 0 saturated heterocycles. The molecular weight excluding hydrogens is 350 g/mol. The average molecular weight is 371 g/mol. The Kier molecular flexibility index (Phi) is 4.99. The Morgan fingerprint density at radius 3 is 2.35 bits per heavy atom. The summed E-state index contributed by atoms with van der Waals surface area (Å²) in [5.74, 6) is -0.216. The number of fused-ring (bicyclic) bond motifs is 1. The van der Waals surface area contributed by atoms with E-state index in [1.807, 2.05) is 30.3 Å². The molecule has 1 heterocycles. The highest BCUT2D eigenvalue weighted by molar-refractivity contribution is 7.94. The molecule has 26 heavy (non-hydrogen) atoms. The minimum atomic E-state index is -3.59. The zero-order valence-electron chi connectivity index (χ0n) is 14.7. The quantitative estimate of drug-likeness (QED) is 0.821. The summed E-state index contributed by atoms with van der Waals surface area (Å²) >= 11 is 0. The fourth-order valence-electron chi connectivity index (χ4n) is 2.85. The summed E-state index contributed by atoms with van der Waals surface area (Å²) in [6.45, 7) is 2.13. The molecule has 0 fully saturated rings. The van der Waals surface area contributed by atoms with Gasteiger partial charge in [-0.05, 0) is 30.7 Å². The number of hydrogen-bond acceptors (Lipinski definition) is 3. The van der Waals surface area contributed by atoms with E-state index in [0.29, 0.717) is 16.9 Å². The Morgan fingerprint density at radius 2 is 1.65 bits per heavy atom. The van der Waals surface area contributed by atoms with E-state index in [0.717, 1.165) is 5.56 Å². The van der Waals surface area contributed by atoms with Crippen molar-refractivity contribution < 1.29 is 13.2 Å². The number of para-hydroxylation sites is 2. The number of rotatable bonds is 5. The number of hydrogen-bond donors (Lipinski definition) is 1. The van der Waals surface area contributed by atoms with E-state index in [2.05, 4.69) is 5.32 Å². The predicted molar refractivity (Wildman–Crippen MR) is 104 cm³/mol. The summed E-state index contributed by atoms with van der Waals surface area (Å²) in [6, 6.07) is 16.7. The van der Waals surface area contributed by atoms with Crippen LogP contribution < -0.4 is 13.9 Å². The molecule has 2 aromatic rings. The summed E-state index contributed by atoms with van der Waals surface area (Å²) in [5.41, 5.74) is 2.77. The average Bonchev–Trinajstić information content (AvgIpc) is 2.83. The van der Waals surface area contributed by atoms with Crippen LogP contribution in [0.25, 0.3) is 6.08 Å². The number of nitrogens with one attached hydrogen (secondary N) is 1. The number of amides is 1. The maximum atomic E-state index is 12.5. The summed E-state index contributed by atoms with van der Waals surface area (Å²) < 4.78 is 27.6. The first-order valence-corrected chi connectivity index (χ1v) is 9.68. The molecule has 0 radical (unpaired) electrons. The molecule has 1 aliphatic heterocycles. The molecule has 0 bridgehead atoms. The van der Waals surface area contributed by atoms with Crippen LogP contribution in [-0.4, -0.2) is 34.5 Å². The van der Waals surface area contributed by atoms with Crippen LogP contribution in [0.4, 0.5) is 11.4 Å². The second-order valence-electron chi connectivity index (χ2n) is 6.03. The number of carbonyl (C=O) groups excluding carboxylic acids is 1. The van der Waals surface area contributed by atoms with Crippen molar-refractivity contribution in [2.45, 2.75) is 6.92 Å². The third-order valence-electron chi connectivity index (χ3n) is 4.26. The van der Waals surface area contributed by atoms with Crippen molar-refractivity contribution in [3.8, 4) is 0 Å². The zero-order valence-corrected chi connectivity index (χ0v) is 15.5. The van der Waals surface area contributed by atoms with Crippen LogP contribution in [0, 0.1) is 0 Å². The molecule has 1 aliphatic rings. The van der Waals surface area contributed by atoms with E-state index in [1.54, 1.807) is 37.3 Å². The van der Waals surface area contributed by atoms with Crippen LogP contribution in [0.1, 0.15) is 12.5 Å². The smallest absolute Gasteiger partial charge is 0.326 e. The molecular formula is C19H21N3O3S. The van der Waals surface area contributed by atoms with Crippen LogP contribution in [0.3, 0.4) is 0 Å².